The molecule has 0 spiro atoms. The van der Waals surface area contributed by atoms with Gasteiger partial charge in [-0.15, -0.1) is 10.2 Å². The molecular weight excluding hydrogens is 348 g/mol. The smallest absolute Gasteiger partial charge is 0.230 e. The molecule has 1 saturated heterocycles. The highest BCUT2D eigenvalue weighted by atomic mass is 35.5. The lowest BCUT2D eigenvalue weighted by atomic mass is 10.2. The molecule has 0 aliphatic carbocycles. The second-order valence-corrected chi connectivity index (χ2v) is 6.92. The molecule has 0 radical (unpaired) electrons. The summed E-state index contributed by atoms with van der Waals surface area (Å²) in [5, 5.41) is 12.5. The van der Waals surface area contributed by atoms with Crippen molar-refractivity contribution in [1.29, 1.82) is 0 Å². The van der Waals surface area contributed by atoms with Gasteiger partial charge in [0.15, 0.2) is 11.0 Å². The van der Waals surface area contributed by atoms with Crippen LogP contribution in [0.4, 0.5) is 0 Å². The van der Waals surface area contributed by atoms with Gasteiger partial charge in [-0.1, -0.05) is 35.5 Å². The molecule has 1 aliphatic rings. The van der Waals surface area contributed by atoms with Crippen LogP contribution in [-0.2, 0) is 16.6 Å². The quantitative estimate of drug-likeness (QED) is 0.795. The van der Waals surface area contributed by atoms with Crippen LogP contribution in [-0.4, -0.2) is 45.7 Å². The van der Waals surface area contributed by atoms with E-state index in [9.17, 15) is 4.79 Å². The van der Waals surface area contributed by atoms with E-state index in [1.165, 1.54) is 11.8 Å². The van der Waals surface area contributed by atoms with Crippen LogP contribution in [0.15, 0.2) is 29.4 Å². The summed E-state index contributed by atoms with van der Waals surface area (Å²) in [5.74, 6) is 0.946. The number of halogens is 1. The Morgan fingerprint density at radius 3 is 3.04 bits per heavy atom. The summed E-state index contributed by atoms with van der Waals surface area (Å²) in [7, 11) is 1.87. The van der Waals surface area contributed by atoms with Gasteiger partial charge in [0, 0.05) is 25.8 Å². The van der Waals surface area contributed by atoms with Gasteiger partial charge >= 0.3 is 0 Å². The summed E-state index contributed by atoms with van der Waals surface area (Å²) in [6, 6.07) is 7.49. The Morgan fingerprint density at radius 1 is 1.46 bits per heavy atom. The summed E-state index contributed by atoms with van der Waals surface area (Å²) >= 11 is 7.56. The van der Waals surface area contributed by atoms with Gasteiger partial charge in [0.2, 0.25) is 5.91 Å². The van der Waals surface area contributed by atoms with E-state index in [4.69, 9.17) is 16.3 Å². The average Bonchev–Trinajstić information content (AvgIpc) is 3.22. The molecule has 1 N–H and O–H groups in total. The number of rotatable bonds is 6. The van der Waals surface area contributed by atoms with E-state index in [-0.39, 0.29) is 12.0 Å². The Labute approximate surface area is 149 Å². The van der Waals surface area contributed by atoms with Gasteiger partial charge in [-0.2, -0.15) is 0 Å². The Balaban J connectivity index is 1.56. The standard InChI is InChI=1S/C16H19ClN4O2S/c1-21-15(12-6-2-3-7-13(12)17)19-20-16(21)24-10-14(22)18-9-11-5-4-8-23-11/h2-3,6-7,11H,4-5,8-10H2,1H3,(H,18,22)/t11-/m1/s1. The topological polar surface area (TPSA) is 69.0 Å². The molecule has 0 bridgehead atoms. The minimum atomic E-state index is -0.0298. The third kappa shape index (κ3) is 4.09. The normalized spacial score (nSPS) is 17.2. The SMILES string of the molecule is Cn1c(SCC(=O)NC[C@H]2CCCO2)nnc1-c1ccccc1Cl. The molecule has 1 fully saturated rings. The zero-order chi connectivity index (χ0) is 16.9. The molecule has 0 saturated carbocycles. The van der Waals surface area contributed by atoms with Gasteiger partial charge in [0.1, 0.15) is 0 Å². The van der Waals surface area contributed by atoms with Crippen molar-refractivity contribution in [3.63, 3.8) is 0 Å². The second kappa shape index (κ2) is 8.00. The van der Waals surface area contributed by atoms with Crippen LogP contribution in [0.5, 0.6) is 0 Å². The molecule has 8 heteroatoms. The molecular formula is C16H19ClN4O2S. The number of aromatic nitrogens is 3. The maximum absolute atomic E-state index is 11.9. The van der Waals surface area contributed by atoms with E-state index in [1.54, 1.807) is 0 Å². The Morgan fingerprint density at radius 2 is 2.29 bits per heavy atom. The second-order valence-electron chi connectivity index (χ2n) is 5.57. The average molecular weight is 367 g/mol. The molecule has 128 valence electrons. The minimum absolute atomic E-state index is 0.0298. The van der Waals surface area contributed by atoms with Crippen LogP contribution >= 0.6 is 23.4 Å². The zero-order valence-corrected chi connectivity index (χ0v) is 14.9. The van der Waals surface area contributed by atoms with Gasteiger partial charge in [0.05, 0.1) is 16.9 Å². The van der Waals surface area contributed by atoms with Crippen LogP contribution < -0.4 is 5.32 Å². The van der Waals surface area contributed by atoms with Crippen molar-refractivity contribution in [2.75, 3.05) is 18.9 Å². The maximum atomic E-state index is 11.9. The van der Waals surface area contributed by atoms with Crippen molar-refractivity contribution in [1.82, 2.24) is 20.1 Å². The molecule has 1 atom stereocenters. The van der Waals surface area contributed by atoms with Crippen LogP contribution in [0.3, 0.4) is 0 Å². The molecule has 6 nitrogen and oxygen atoms in total. The molecule has 0 unspecified atom stereocenters. The number of carbonyl (C=O) groups excluding carboxylic acids is 1. The van der Waals surface area contributed by atoms with Crippen molar-refractivity contribution in [2.24, 2.45) is 7.05 Å². The fraction of sp³-hybridized carbons (Fsp3) is 0.438. The van der Waals surface area contributed by atoms with Crippen LogP contribution in [0, 0.1) is 0 Å². The Bertz CT molecular complexity index is 716. The van der Waals surface area contributed by atoms with Gasteiger partial charge < -0.3 is 14.6 Å². The largest absolute Gasteiger partial charge is 0.376 e. The van der Waals surface area contributed by atoms with Crippen molar-refractivity contribution in [3.05, 3.63) is 29.3 Å². The number of hydrogen-bond donors (Lipinski definition) is 1. The molecule has 2 heterocycles. The number of benzene rings is 1. The van der Waals surface area contributed by atoms with Crippen molar-refractivity contribution in [3.8, 4) is 11.4 Å². The number of carbonyl (C=O) groups is 1. The molecule has 1 aliphatic heterocycles. The van der Waals surface area contributed by atoms with E-state index >= 15 is 0 Å². The highest BCUT2D eigenvalue weighted by molar-refractivity contribution is 7.99. The fourth-order valence-corrected chi connectivity index (χ4v) is 3.49. The van der Waals surface area contributed by atoms with Crippen molar-refractivity contribution in [2.45, 2.75) is 24.1 Å². The third-order valence-electron chi connectivity index (χ3n) is 3.83. The zero-order valence-electron chi connectivity index (χ0n) is 13.4. The van der Waals surface area contributed by atoms with Gasteiger partial charge in [-0.25, -0.2) is 0 Å². The predicted octanol–water partition coefficient (Wildman–Crippen LogP) is 2.52. The van der Waals surface area contributed by atoms with E-state index in [0.29, 0.717) is 28.3 Å². The van der Waals surface area contributed by atoms with Crippen LogP contribution in [0.25, 0.3) is 11.4 Å². The summed E-state index contributed by atoms with van der Waals surface area (Å²) < 4.78 is 7.33. The first-order valence-corrected chi connectivity index (χ1v) is 9.17. The van der Waals surface area contributed by atoms with Crippen LogP contribution in [0.1, 0.15) is 12.8 Å². The summed E-state index contributed by atoms with van der Waals surface area (Å²) in [4.78, 5) is 11.9. The molecule has 1 aromatic heterocycles. The van der Waals surface area contributed by atoms with Crippen molar-refractivity contribution >= 4 is 29.3 Å². The van der Waals surface area contributed by atoms with Gasteiger partial charge in [0.25, 0.3) is 0 Å². The van der Waals surface area contributed by atoms with Gasteiger partial charge in [-0.3, -0.25) is 4.79 Å². The number of amides is 1. The van der Waals surface area contributed by atoms with Crippen molar-refractivity contribution < 1.29 is 9.53 Å². The highest BCUT2D eigenvalue weighted by Gasteiger charge is 2.17. The number of nitrogens with zero attached hydrogens (tertiary/aromatic N) is 3. The number of nitrogens with one attached hydrogen (secondary N) is 1. The first-order valence-electron chi connectivity index (χ1n) is 7.80. The molecule has 1 aromatic carbocycles. The van der Waals surface area contributed by atoms with E-state index < -0.39 is 0 Å². The monoisotopic (exact) mass is 366 g/mol. The first kappa shape index (κ1) is 17.3. The van der Waals surface area contributed by atoms with E-state index in [2.05, 4.69) is 15.5 Å². The number of thioether (sulfide) groups is 1. The fourth-order valence-electron chi connectivity index (χ4n) is 2.53. The lowest BCUT2D eigenvalue weighted by Crippen LogP contribution is -2.32. The Kier molecular flexibility index (Phi) is 5.76. The van der Waals surface area contributed by atoms with E-state index in [1.807, 2.05) is 35.9 Å². The number of hydrogen-bond acceptors (Lipinski definition) is 5. The predicted molar refractivity (Wildman–Crippen MR) is 94.2 cm³/mol. The summed E-state index contributed by atoms with van der Waals surface area (Å²) in [6.45, 7) is 1.36. The lowest BCUT2D eigenvalue weighted by Gasteiger charge is -2.10. The molecule has 2 aromatic rings. The lowest BCUT2D eigenvalue weighted by molar-refractivity contribution is -0.119. The molecule has 1 amide bonds. The number of ether oxygens (including phenoxy) is 1. The first-order chi connectivity index (χ1) is 11.6. The summed E-state index contributed by atoms with van der Waals surface area (Å²) in [6.07, 6.45) is 2.23. The van der Waals surface area contributed by atoms with Gasteiger partial charge in [-0.05, 0) is 25.0 Å². The highest BCUT2D eigenvalue weighted by Crippen LogP contribution is 2.28. The third-order valence-corrected chi connectivity index (χ3v) is 5.18. The minimum Gasteiger partial charge on any atom is -0.376 e. The molecule has 3 rings (SSSR count). The van der Waals surface area contributed by atoms with Crippen LogP contribution in [0.2, 0.25) is 5.02 Å². The maximum Gasteiger partial charge on any atom is 0.230 e. The Hall–Kier alpha value is -1.57. The molecule has 24 heavy (non-hydrogen) atoms. The van der Waals surface area contributed by atoms with E-state index in [0.717, 1.165) is 25.0 Å². The summed E-state index contributed by atoms with van der Waals surface area (Å²) in [5.41, 5.74) is 0.823.